The molecule has 0 saturated heterocycles. The molecule has 1 heterocycles. The Morgan fingerprint density at radius 3 is 2.11 bits per heavy atom. The van der Waals surface area contributed by atoms with Crippen molar-refractivity contribution in [3.8, 4) is 22.9 Å². The van der Waals surface area contributed by atoms with Crippen LogP contribution in [0.25, 0.3) is 11.4 Å². The van der Waals surface area contributed by atoms with E-state index in [1.807, 2.05) is 29.8 Å². The zero-order chi connectivity index (χ0) is 13.1. The number of nitrogens with zero attached hydrogens (tertiary/aromatic N) is 3. The molecule has 2 aromatic rings. The Morgan fingerprint density at radius 2 is 1.67 bits per heavy atom. The highest BCUT2D eigenvalue weighted by atomic mass is 16.5. The molecule has 0 fully saturated rings. The third-order valence-electron chi connectivity index (χ3n) is 2.71. The molecular weight excluding hydrogens is 232 g/mol. The maximum absolute atomic E-state index is 5.24. The molecule has 0 bridgehead atoms. The minimum Gasteiger partial charge on any atom is -0.497 e. The molecule has 1 aromatic heterocycles. The van der Waals surface area contributed by atoms with Gasteiger partial charge < -0.3 is 14.8 Å². The van der Waals surface area contributed by atoms with Crippen LogP contribution in [-0.4, -0.2) is 36.0 Å². The third kappa shape index (κ3) is 2.09. The van der Waals surface area contributed by atoms with Crippen LogP contribution in [0.3, 0.4) is 0 Å². The number of hydrogen-bond donors (Lipinski definition) is 1. The van der Waals surface area contributed by atoms with Crippen LogP contribution >= 0.6 is 0 Å². The van der Waals surface area contributed by atoms with Crippen LogP contribution in [-0.2, 0) is 7.05 Å². The molecule has 0 radical (unpaired) electrons. The molecule has 1 aromatic carbocycles. The van der Waals surface area contributed by atoms with E-state index in [0.717, 1.165) is 22.9 Å². The van der Waals surface area contributed by atoms with Crippen molar-refractivity contribution in [2.24, 2.45) is 7.05 Å². The Labute approximate surface area is 106 Å². The van der Waals surface area contributed by atoms with Crippen molar-refractivity contribution in [1.82, 2.24) is 14.8 Å². The van der Waals surface area contributed by atoms with E-state index in [1.54, 1.807) is 21.3 Å². The van der Waals surface area contributed by atoms with Gasteiger partial charge in [0.25, 0.3) is 0 Å². The molecule has 0 aliphatic heterocycles. The van der Waals surface area contributed by atoms with Gasteiger partial charge in [0.05, 0.1) is 14.2 Å². The van der Waals surface area contributed by atoms with Crippen molar-refractivity contribution in [2.75, 3.05) is 26.6 Å². The zero-order valence-corrected chi connectivity index (χ0v) is 10.9. The average Bonchev–Trinajstić information content (AvgIpc) is 2.79. The van der Waals surface area contributed by atoms with Crippen molar-refractivity contribution in [3.63, 3.8) is 0 Å². The predicted molar refractivity (Wildman–Crippen MR) is 69.1 cm³/mol. The average molecular weight is 248 g/mol. The monoisotopic (exact) mass is 248 g/mol. The van der Waals surface area contributed by atoms with Crippen molar-refractivity contribution in [2.45, 2.75) is 0 Å². The maximum Gasteiger partial charge on any atom is 0.224 e. The summed E-state index contributed by atoms with van der Waals surface area (Å²) < 4.78 is 12.3. The second-order valence-electron chi connectivity index (χ2n) is 3.76. The van der Waals surface area contributed by atoms with Crippen molar-refractivity contribution < 1.29 is 9.47 Å². The zero-order valence-electron chi connectivity index (χ0n) is 10.9. The van der Waals surface area contributed by atoms with Crippen molar-refractivity contribution >= 4 is 5.95 Å². The van der Waals surface area contributed by atoms with Gasteiger partial charge in [-0.3, -0.25) is 4.57 Å². The maximum atomic E-state index is 5.24. The van der Waals surface area contributed by atoms with E-state index in [4.69, 9.17) is 9.47 Å². The Kier molecular flexibility index (Phi) is 3.36. The van der Waals surface area contributed by atoms with Crippen LogP contribution in [0.5, 0.6) is 11.5 Å². The normalized spacial score (nSPS) is 10.2. The molecule has 0 aliphatic rings. The number of benzene rings is 1. The minimum absolute atomic E-state index is 0.701. The van der Waals surface area contributed by atoms with E-state index >= 15 is 0 Å². The van der Waals surface area contributed by atoms with Gasteiger partial charge in [0.15, 0.2) is 5.82 Å². The summed E-state index contributed by atoms with van der Waals surface area (Å²) in [7, 11) is 6.94. The summed E-state index contributed by atoms with van der Waals surface area (Å²) in [4.78, 5) is 0. The summed E-state index contributed by atoms with van der Waals surface area (Å²) in [6, 6.07) is 5.61. The summed E-state index contributed by atoms with van der Waals surface area (Å²) in [5.41, 5.74) is 0.891. The number of aromatic nitrogens is 3. The first-order chi connectivity index (χ1) is 8.69. The van der Waals surface area contributed by atoms with Gasteiger partial charge in [-0.05, 0) is 12.1 Å². The highest BCUT2D eigenvalue weighted by Gasteiger charge is 2.12. The minimum atomic E-state index is 0.701. The van der Waals surface area contributed by atoms with Crippen LogP contribution in [0, 0.1) is 0 Å². The third-order valence-corrected chi connectivity index (χ3v) is 2.71. The van der Waals surface area contributed by atoms with Gasteiger partial charge in [0.1, 0.15) is 11.5 Å². The van der Waals surface area contributed by atoms with Gasteiger partial charge in [-0.25, -0.2) is 0 Å². The standard InChI is InChI=1S/C12H16N4O2/c1-13-12-15-14-11(16(12)2)8-5-9(17-3)7-10(6-8)18-4/h5-7H,1-4H3,(H,13,15). The smallest absolute Gasteiger partial charge is 0.224 e. The largest absolute Gasteiger partial charge is 0.497 e. The van der Waals surface area contributed by atoms with Crippen LogP contribution < -0.4 is 14.8 Å². The van der Waals surface area contributed by atoms with E-state index in [-0.39, 0.29) is 0 Å². The first-order valence-corrected chi connectivity index (χ1v) is 5.50. The molecule has 96 valence electrons. The van der Waals surface area contributed by atoms with Crippen LogP contribution in [0.1, 0.15) is 0 Å². The Hall–Kier alpha value is -2.24. The Morgan fingerprint density at radius 1 is 1.06 bits per heavy atom. The van der Waals surface area contributed by atoms with Gasteiger partial charge in [-0.2, -0.15) is 0 Å². The highest BCUT2D eigenvalue weighted by Crippen LogP contribution is 2.29. The topological polar surface area (TPSA) is 61.2 Å². The summed E-state index contributed by atoms with van der Waals surface area (Å²) in [5.74, 6) is 2.89. The predicted octanol–water partition coefficient (Wildman–Crippen LogP) is 1.54. The number of hydrogen-bond acceptors (Lipinski definition) is 5. The second-order valence-corrected chi connectivity index (χ2v) is 3.76. The molecule has 6 heteroatoms. The highest BCUT2D eigenvalue weighted by molar-refractivity contribution is 5.62. The molecule has 0 unspecified atom stereocenters. The molecule has 0 atom stereocenters. The fraction of sp³-hybridized carbons (Fsp3) is 0.333. The van der Waals surface area contributed by atoms with E-state index in [1.165, 1.54) is 0 Å². The van der Waals surface area contributed by atoms with Crippen molar-refractivity contribution in [3.05, 3.63) is 18.2 Å². The van der Waals surface area contributed by atoms with Gasteiger partial charge >= 0.3 is 0 Å². The fourth-order valence-electron chi connectivity index (χ4n) is 1.73. The molecule has 0 saturated carbocycles. The number of methoxy groups -OCH3 is 2. The Bertz CT molecular complexity index is 529. The van der Waals surface area contributed by atoms with Crippen LogP contribution in [0.15, 0.2) is 18.2 Å². The van der Waals surface area contributed by atoms with Gasteiger partial charge in [-0.1, -0.05) is 0 Å². The van der Waals surface area contributed by atoms with E-state index < -0.39 is 0 Å². The molecule has 2 rings (SSSR count). The number of anilines is 1. The van der Waals surface area contributed by atoms with Crippen molar-refractivity contribution in [1.29, 1.82) is 0 Å². The molecule has 1 N–H and O–H groups in total. The summed E-state index contributed by atoms with van der Waals surface area (Å²) >= 11 is 0. The van der Waals surface area contributed by atoms with Gasteiger partial charge in [-0.15, -0.1) is 10.2 Å². The van der Waals surface area contributed by atoms with E-state index in [0.29, 0.717) is 5.95 Å². The van der Waals surface area contributed by atoms with E-state index in [9.17, 15) is 0 Å². The lowest BCUT2D eigenvalue weighted by atomic mass is 10.2. The molecule has 0 amide bonds. The molecule has 0 spiro atoms. The number of rotatable bonds is 4. The lowest BCUT2D eigenvalue weighted by Gasteiger charge is -2.08. The second kappa shape index (κ2) is 4.95. The Balaban J connectivity index is 2.52. The number of nitrogens with one attached hydrogen (secondary N) is 1. The molecular formula is C12H16N4O2. The molecule has 18 heavy (non-hydrogen) atoms. The quantitative estimate of drug-likeness (QED) is 0.889. The van der Waals surface area contributed by atoms with Gasteiger partial charge in [0, 0.05) is 25.7 Å². The van der Waals surface area contributed by atoms with Crippen LogP contribution in [0.2, 0.25) is 0 Å². The first kappa shape index (κ1) is 12.2. The molecule has 6 nitrogen and oxygen atoms in total. The van der Waals surface area contributed by atoms with Crippen LogP contribution in [0.4, 0.5) is 5.95 Å². The summed E-state index contributed by atoms with van der Waals surface area (Å²) in [5, 5.41) is 11.2. The SMILES string of the molecule is CNc1nnc(-c2cc(OC)cc(OC)c2)n1C. The summed E-state index contributed by atoms with van der Waals surface area (Å²) in [6.45, 7) is 0. The first-order valence-electron chi connectivity index (χ1n) is 5.50. The summed E-state index contributed by atoms with van der Waals surface area (Å²) in [6.07, 6.45) is 0. The van der Waals surface area contributed by atoms with E-state index in [2.05, 4.69) is 15.5 Å². The van der Waals surface area contributed by atoms with Gasteiger partial charge in [0.2, 0.25) is 5.95 Å². The lowest BCUT2D eigenvalue weighted by molar-refractivity contribution is 0.394. The number of ether oxygens (including phenoxy) is 2. The lowest BCUT2D eigenvalue weighted by Crippen LogP contribution is -2.00. The fourth-order valence-corrected chi connectivity index (χ4v) is 1.73. The molecule has 0 aliphatic carbocycles.